The molecule has 0 aliphatic carbocycles. The van der Waals surface area contributed by atoms with Crippen molar-refractivity contribution in [2.75, 3.05) is 11.9 Å². The summed E-state index contributed by atoms with van der Waals surface area (Å²) in [6, 6.07) is 9.18. The Morgan fingerprint density at radius 2 is 1.74 bits per heavy atom. The molecule has 0 radical (unpaired) electrons. The van der Waals surface area contributed by atoms with Gasteiger partial charge in [-0.2, -0.15) is 0 Å². The maximum Gasteiger partial charge on any atom is 0.338 e. The molecule has 1 heterocycles. The molecule has 3 N–H and O–H groups in total. The number of carbonyl (C=O) groups excluding carboxylic acids is 1. The van der Waals surface area contributed by atoms with Crippen LogP contribution in [0.15, 0.2) is 51.7 Å². The monoisotopic (exact) mass is 472 g/mol. The van der Waals surface area contributed by atoms with Crippen LogP contribution in [-0.4, -0.2) is 29.7 Å². The van der Waals surface area contributed by atoms with Crippen LogP contribution in [0.3, 0.4) is 0 Å². The number of nitrogens with one attached hydrogen (secondary N) is 2. The minimum atomic E-state index is -1.12. The number of amides is 1. The van der Waals surface area contributed by atoms with Crippen molar-refractivity contribution in [3.05, 3.63) is 75.6 Å². The van der Waals surface area contributed by atoms with E-state index < -0.39 is 35.3 Å². The molecular formula is C26H30F2N2O4. The van der Waals surface area contributed by atoms with Crippen molar-refractivity contribution in [2.45, 2.75) is 52.7 Å². The second-order valence-electron chi connectivity index (χ2n) is 9.78. The van der Waals surface area contributed by atoms with E-state index in [9.17, 15) is 23.5 Å². The molecule has 2 unspecified atom stereocenters. The maximum atomic E-state index is 13.6. The van der Waals surface area contributed by atoms with E-state index in [-0.39, 0.29) is 18.4 Å². The van der Waals surface area contributed by atoms with E-state index in [1.54, 1.807) is 6.07 Å². The lowest BCUT2D eigenvalue weighted by molar-refractivity contribution is -0.120. The molecule has 0 saturated heterocycles. The summed E-state index contributed by atoms with van der Waals surface area (Å²) in [5.74, 6) is -1.87. The van der Waals surface area contributed by atoms with E-state index in [1.165, 1.54) is 13.0 Å². The van der Waals surface area contributed by atoms with Crippen LogP contribution >= 0.6 is 0 Å². The Labute approximate surface area is 197 Å². The number of fused-ring (bicyclic) bond motifs is 1. The first-order chi connectivity index (χ1) is 15.9. The number of rotatable bonds is 8. The first-order valence-corrected chi connectivity index (χ1v) is 11.1. The van der Waals surface area contributed by atoms with Crippen LogP contribution in [-0.2, 0) is 17.6 Å². The number of halogens is 2. The maximum absolute atomic E-state index is 13.6. The zero-order valence-corrected chi connectivity index (χ0v) is 19.7. The number of benzene rings is 2. The third-order valence-corrected chi connectivity index (χ3v) is 5.27. The van der Waals surface area contributed by atoms with Gasteiger partial charge in [-0.25, -0.2) is 13.6 Å². The van der Waals surface area contributed by atoms with Gasteiger partial charge in [-0.05, 0) is 53.6 Å². The zero-order valence-electron chi connectivity index (χ0n) is 19.7. The minimum absolute atomic E-state index is 0.0184. The summed E-state index contributed by atoms with van der Waals surface area (Å²) >= 11 is 0. The quantitative estimate of drug-likeness (QED) is 0.428. The van der Waals surface area contributed by atoms with Crippen molar-refractivity contribution in [1.29, 1.82) is 0 Å². The SMILES string of the molecule is CC(=O)NC(Cc1cc(F)cc(F)c1)C(O)CNc1cc(=O)oc2ccc(CC(C)(C)C)cc12. The molecule has 34 heavy (non-hydrogen) atoms. The average molecular weight is 473 g/mol. The molecule has 0 bridgehead atoms. The largest absolute Gasteiger partial charge is 0.423 e. The van der Waals surface area contributed by atoms with Crippen molar-refractivity contribution in [3.63, 3.8) is 0 Å². The van der Waals surface area contributed by atoms with Crippen LogP contribution in [0.2, 0.25) is 0 Å². The van der Waals surface area contributed by atoms with Crippen molar-refractivity contribution < 1.29 is 23.1 Å². The first kappa shape index (κ1) is 25.4. The molecular weight excluding hydrogens is 442 g/mol. The van der Waals surface area contributed by atoms with Gasteiger partial charge in [0.1, 0.15) is 17.2 Å². The first-order valence-electron chi connectivity index (χ1n) is 11.1. The lowest BCUT2D eigenvalue weighted by Gasteiger charge is -2.25. The van der Waals surface area contributed by atoms with Gasteiger partial charge >= 0.3 is 5.63 Å². The van der Waals surface area contributed by atoms with Gasteiger partial charge in [-0.1, -0.05) is 26.8 Å². The summed E-state index contributed by atoms with van der Waals surface area (Å²) in [5.41, 5.74) is 1.79. The smallest absolute Gasteiger partial charge is 0.338 e. The molecule has 2 aromatic carbocycles. The minimum Gasteiger partial charge on any atom is -0.423 e. The summed E-state index contributed by atoms with van der Waals surface area (Å²) in [4.78, 5) is 23.7. The highest BCUT2D eigenvalue weighted by molar-refractivity contribution is 5.90. The Morgan fingerprint density at radius 3 is 2.35 bits per heavy atom. The number of hydrogen-bond donors (Lipinski definition) is 3. The second-order valence-corrected chi connectivity index (χ2v) is 9.78. The fourth-order valence-corrected chi connectivity index (χ4v) is 3.96. The fourth-order valence-electron chi connectivity index (χ4n) is 3.96. The van der Waals surface area contributed by atoms with E-state index in [0.717, 1.165) is 30.2 Å². The van der Waals surface area contributed by atoms with Gasteiger partial charge in [-0.3, -0.25) is 4.79 Å². The Hall–Kier alpha value is -3.26. The van der Waals surface area contributed by atoms with Gasteiger partial charge in [0.2, 0.25) is 5.91 Å². The standard InChI is InChI=1S/C26H30F2N2O4/c1-15(31)30-22(10-17-7-18(27)11-19(28)8-17)23(32)14-29-21-12-25(33)34-24-6-5-16(9-20(21)24)13-26(2,3)4/h5-9,11-12,22-23,29,32H,10,13-14H2,1-4H3,(H,30,31). The van der Waals surface area contributed by atoms with Crippen LogP contribution in [0.1, 0.15) is 38.8 Å². The van der Waals surface area contributed by atoms with Crippen molar-refractivity contribution in [2.24, 2.45) is 5.41 Å². The Kier molecular flexibility index (Phi) is 7.71. The zero-order chi connectivity index (χ0) is 25.0. The normalized spacial score (nSPS) is 13.5. The molecule has 8 heteroatoms. The van der Waals surface area contributed by atoms with E-state index in [0.29, 0.717) is 22.2 Å². The summed E-state index contributed by atoms with van der Waals surface area (Å²) in [6.45, 7) is 7.66. The van der Waals surface area contributed by atoms with Crippen LogP contribution in [0, 0.1) is 17.0 Å². The molecule has 2 atom stereocenters. The van der Waals surface area contributed by atoms with E-state index in [1.807, 2.05) is 12.1 Å². The lowest BCUT2D eigenvalue weighted by atomic mass is 9.88. The van der Waals surface area contributed by atoms with E-state index in [2.05, 4.69) is 31.4 Å². The van der Waals surface area contributed by atoms with Crippen molar-refractivity contribution in [1.82, 2.24) is 5.32 Å². The Morgan fingerprint density at radius 1 is 1.06 bits per heavy atom. The molecule has 3 aromatic rings. The summed E-state index contributed by atoms with van der Waals surface area (Å²) < 4.78 is 32.5. The van der Waals surface area contributed by atoms with Gasteiger partial charge < -0.3 is 20.2 Å². The van der Waals surface area contributed by atoms with Crippen molar-refractivity contribution >= 4 is 22.6 Å². The molecule has 0 aliphatic heterocycles. The molecule has 0 saturated carbocycles. The number of aliphatic hydroxyl groups excluding tert-OH is 1. The molecule has 1 amide bonds. The summed E-state index contributed by atoms with van der Waals surface area (Å²) in [6.07, 6.45) is -0.279. The van der Waals surface area contributed by atoms with Crippen LogP contribution in [0.5, 0.6) is 0 Å². The summed E-state index contributed by atoms with van der Waals surface area (Å²) in [7, 11) is 0. The average Bonchev–Trinajstić information content (AvgIpc) is 2.69. The highest BCUT2D eigenvalue weighted by atomic mass is 19.1. The summed E-state index contributed by atoms with van der Waals surface area (Å²) in [5, 5.41) is 17.2. The number of hydrogen-bond acceptors (Lipinski definition) is 5. The molecule has 6 nitrogen and oxygen atoms in total. The number of carbonyl (C=O) groups is 1. The number of aliphatic hydroxyl groups is 1. The third-order valence-electron chi connectivity index (χ3n) is 5.27. The van der Waals surface area contributed by atoms with Crippen molar-refractivity contribution in [3.8, 4) is 0 Å². The molecule has 1 aromatic heterocycles. The fraction of sp³-hybridized carbons (Fsp3) is 0.385. The third kappa shape index (κ3) is 7.12. The molecule has 3 rings (SSSR count). The molecule has 0 spiro atoms. The van der Waals surface area contributed by atoms with E-state index >= 15 is 0 Å². The Bertz CT molecular complexity index is 1210. The van der Waals surface area contributed by atoms with Gasteiger partial charge in [-0.15, -0.1) is 0 Å². The van der Waals surface area contributed by atoms with Crippen LogP contribution < -0.4 is 16.3 Å². The van der Waals surface area contributed by atoms with Crippen LogP contribution in [0.25, 0.3) is 11.0 Å². The van der Waals surface area contributed by atoms with Gasteiger partial charge in [0.25, 0.3) is 0 Å². The molecule has 182 valence electrons. The topological polar surface area (TPSA) is 91.6 Å². The number of anilines is 1. The van der Waals surface area contributed by atoms with Gasteiger partial charge in [0, 0.05) is 31.0 Å². The Balaban J connectivity index is 1.83. The predicted octanol–water partition coefficient (Wildman–Crippen LogP) is 4.18. The predicted molar refractivity (Wildman–Crippen MR) is 128 cm³/mol. The van der Waals surface area contributed by atoms with E-state index in [4.69, 9.17) is 4.42 Å². The molecule has 0 fully saturated rings. The van der Waals surface area contributed by atoms with Crippen LogP contribution in [0.4, 0.5) is 14.5 Å². The second kappa shape index (κ2) is 10.3. The van der Waals surface area contributed by atoms with Gasteiger partial charge in [0.05, 0.1) is 17.8 Å². The van der Waals surface area contributed by atoms with Gasteiger partial charge in [0.15, 0.2) is 0 Å². The molecule has 0 aliphatic rings. The highest BCUT2D eigenvalue weighted by Gasteiger charge is 2.22. The lowest BCUT2D eigenvalue weighted by Crippen LogP contribution is -2.46. The highest BCUT2D eigenvalue weighted by Crippen LogP contribution is 2.27.